The van der Waals surface area contributed by atoms with E-state index in [0.717, 1.165) is 5.56 Å². The Morgan fingerprint density at radius 3 is 2.31 bits per heavy atom. The number of benzene rings is 3. The van der Waals surface area contributed by atoms with E-state index in [1.54, 1.807) is 18.2 Å². The number of carboxylic acids is 1. The third kappa shape index (κ3) is 6.35. The van der Waals surface area contributed by atoms with Crippen LogP contribution < -0.4 is 20.1 Å². The van der Waals surface area contributed by atoms with Gasteiger partial charge in [0.15, 0.2) is 0 Å². The molecule has 3 aromatic carbocycles. The fraction of sp³-hybridized carbons (Fsp3) is 0.276. The molecule has 2 amide bonds. The summed E-state index contributed by atoms with van der Waals surface area (Å²) < 4.78 is 27.4. The highest BCUT2D eigenvalue weighted by Crippen LogP contribution is 2.33. The van der Waals surface area contributed by atoms with Crippen molar-refractivity contribution in [3.63, 3.8) is 0 Å². The second kappa shape index (κ2) is 12.0. The first-order valence-electron chi connectivity index (χ1n) is 12.5. The van der Waals surface area contributed by atoms with Crippen molar-refractivity contribution < 1.29 is 33.4 Å². The summed E-state index contributed by atoms with van der Waals surface area (Å²) in [6.45, 7) is 2.46. The van der Waals surface area contributed by atoms with Gasteiger partial charge in [0.05, 0.1) is 12.8 Å². The number of carbonyl (C=O) groups is 3. The summed E-state index contributed by atoms with van der Waals surface area (Å²) in [5.41, 5.74) is 2.10. The lowest BCUT2D eigenvalue weighted by atomic mass is 10.1. The van der Waals surface area contributed by atoms with Crippen LogP contribution in [0.4, 0.5) is 20.6 Å². The zero-order chi connectivity index (χ0) is 28.0. The standard InChI is InChI=1S/C29H30FN3O6/c1-19-9-3-5-11-22(19)31-28(37)32-23-14-13-20(17-25(23)38-2)18-26(34)29(30,33-15-7-8-16-33)39-24-12-6-4-10-21(24)27(35)36/h3-6,9-14,17H,7-8,15-16,18H2,1-2H3,(H,35,36)(H2,31,32,37). The van der Waals surface area contributed by atoms with E-state index < -0.39 is 23.8 Å². The van der Waals surface area contributed by atoms with Gasteiger partial charge in [-0.25, -0.2) is 14.5 Å². The maximum absolute atomic E-state index is 16.4. The van der Waals surface area contributed by atoms with Crippen LogP contribution >= 0.6 is 0 Å². The predicted octanol–water partition coefficient (Wildman–Crippen LogP) is 5.26. The quantitative estimate of drug-likeness (QED) is 0.303. The Morgan fingerprint density at radius 1 is 0.949 bits per heavy atom. The molecule has 1 unspecified atom stereocenters. The van der Waals surface area contributed by atoms with Crippen molar-refractivity contribution in [2.75, 3.05) is 30.8 Å². The van der Waals surface area contributed by atoms with Gasteiger partial charge in [0.2, 0.25) is 5.78 Å². The van der Waals surface area contributed by atoms with Gasteiger partial charge in [-0.2, -0.15) is 4.39 Å². The Labute approximate surface area is 225 Å². The van der Waals surface area contributed by atoms with Crippen LogP contribution in [-0.2, 0) is 11.2 Å². The van der Waals surface area contributed by atoms with E-state index in [2.05, 4.69) is 10.6 Å². The molecule has 39 heavy (non-hydrogen) atoms. The van der Waals surface area contributed by atoms with Gasteiger partial charge in [-0.05, 0) is 61.2 Å². The number of methoxy groups -OCH3 is 1. The Hall–Kier alpha value is -4.44. The molecule has 1 heterocycles. The number of aromatic carboxylic acids is 1. The largest absolute Gasteiger partial charge is 0.495 e. The summed E-state index contributed by atoms with van der Waals surface area (Å²) in [7, 11) is 1.42. The predicted molar refractivity (Wildman–Crippen MR) is 144 cm³/mol. The lowest BCUT2D eigenvalue weighted by Crippen LogP contribution is -2.55. The van der Waals surface area contributed by atoms with Crippen molar-refractivity contribution in [2.24, 2.45) is 0 Å². The van der Waals surface area contributed by atoms with Crippen LogP contribution in [0.15, 0.2) is 66.7 Å². The molecule has 4 rings (SSSR count). The van der Waals surface area contributed by atoms with Gasteiger partial charge in [-0.3, -0.25) is 4.79 Å². The summed E-state index contributed by atoms with van der Waals surface area (Å²) in [4.78, 5) is 38.9. The third-order valence-corrected chi connectivity index (χ3v) is 6.49. The zero-order valence-corrected chi connectivity index (χ0v) is 21.7. The number of carboxylic acid groups (broad SMARTS) is 1. The maximum atomic E-state index is 16.4. The van der Waals surface area contributed by atoms with Gasteiger partial charge in [0, 0.05) is 25.2 Å². The number of halogens is 1. The average Bonchev–Trinajstić information content (AvgIpc) is 3.47. The van der Waals surface area contributed by atoms with Crippen LogP contribution in [0.25, 0.3) is 0 Å². The van der Waals surface area contributed by atoms with Crippen LogP contribution in [0.2, 0.25) is 0 Å². The summed E-state index contributed by atoms with van der Waals surface area (Å²) in [5, 5.41) is 15.0. The number of para-hydroxylation sites is 2. The van der Waals surface area contributed by atoms with Crippen molar-refractivity contribution in [3.05, 3.63) is 83.4 Å². The maximum Gasteiger partial charge on any atom is 0.371 e. The number of alkyl halides is 1. The van der Waals surface area contributed by atoms with E-state index in [0.29, 0.717) is 42.9 Å². The number of Topliss-reactive ketones (excluding diaryl/α,β-unsaturated/α-hetero) is 1. The first-order valence-corrected chi connectivity index (χ1v) is 12.5. The molecule has 1 atom stereocenters. The molecule has 0 aromatic heterocycles. The molecule has 0 bridgehead atoms. The van der Waals surface area contributed by atoms with Crippen molar-refractivity contribution in [1.82, 2.24) is 4.90 Å². The Kier molecular flexibility index (Phi) is 8.46. The van der Waals surface area contributed by atoms with Crippen LogP contribution in [0.5, 0.6) is 11.5 Å². The Morgan fingerprint density at radius 2 is 1.62 bits per heavy atom. The Balaban J connectivity index is 1.53. The second-order valence-corrected chi connectivity index (χ2v) is 9.19. The van der Waals surface area contributed by atoms with Crippen molar-refractivity contribution in [2.45, 2.75) is 32.2 Å². The minimum absolute atomic E-state index is 0.232. The van der Waals surface area contributed by atoms with E-state index in [1.165, 1.54) is 42.3 Å². The number of rotatable bonds is 10. The highest BCUT2D eigenvalue weighted by molar-refractivity contribution is 6.01. The number of hydrogen-bond acceptors (Lipinski definition) is 6. The molecule has 1 aliphatic heterocycles. The number of ketones is 1. The third-order valence-electron chi connectivity index (χ3n) is 6.49. The van der Waals surface area contributed by atoms with Gasteiger partial charge >= 0.3 is 18.0 Å². The number of urea groups is 1. The summed E-state index contributed by atoms with van der Waals surface area (Å²) in [6.07, 6.45) is 1.01. The van der Waals surface area contributed by atoms with Crippen LogP contribution in [-0.4, -0.2) is 54.0 Å². The van der Waals surface area contributed by atoms with E-state index in [9.17, 15) is 19.5 Å². The average molecular weight is 536 g/mol. The number of ether oxygens (including phenoxy) is 2. The number of carbonyl (C=O) groups excluding carboxylic acids is 2. The summed E-state index contributed by atoms with van der Waals surface area (Å²) in [5.74, 6) is -4.99. The second-order valence-electron chi connectivity index (χ2n) is 9.19. The number of nitrogens with zero attached hydrogens (tertiary/aromatic N) is 1. The van der Waals surface area contributed by atoms with Crippen LogP contribution in [0.3, 0.4) is 0 Å². The highest BCUT2D eigenvalue weighted by atomic mass is 19.2. The van der Waals surface area contributed by atoms with E-state index in [-0.39, 0.29) is 23.5 Å². The van der Waals surface area contributed by atoms with Crippen LogP contribution in [0, 0.1) is 6.92 Å². The Bertz CT molecular complexity index is 1370. The molecule has 10 heteroatoms. The monoisotopic (exact) mass is 535 g/mol. The zero-order valence-electron chi connectivity index (χ0n) is 21.7. The first kappa shape index (κ1) is 27.6. The fourth-order valence-corrected chi connectivity index (χ4v) is 4.41. The van der Waals surface area contributed by atoms with Crippen molar-refractivity contribution in [1.29, 1.82) is 0 Å². The lowest BCUT2D eigenvalue weighted by molar-refractivity contribution is -0.191. The fourth-order valence-electron chi connectivity index (χ4n) is 4.41. The minimum atomic E-state index is -2.86. The molecule has 0 radical (unpaired) electrons. The molecule has 0 spiro atoms. The van der Waals surface area contributed by atoms with Gasteiger partial charge < -0.3 is 25.2 Å². The number of hydrogen-bond donors (Lipinski definition) is 3. The van der Waals surface area contributed by atoms with Crippen LogP contribution in [0.1, 0.15) is 34.3 Å². The number of aryl methyl sites for hydroxylation is 1. The molecule has 0 aliphatic carbocycles. The normalized spacial score (nSPS) is 14.7. The number of amides is 2. The summed E-state index contributed by atoms with van der Waals surface area (Å²) >= 11 is 0. The molecule has 1 aliphatic rings. The van der Waals surface area contributed by atoms with Gasteiger partial charge in [-0.1, -0.05) is 36.4 Å². The van der Waals surface area contributed by atoms with Gasteiger partial charge in [0.1, 0.15) is 17.1 Å². The van der Waals surface area contributed by atoms with E-state index in [1.807, 2.05) is 25.1 Å². The van der Waals surface area contributed by atoms with Gasteiger partial charge in [-0.15, -0.1) is 0 Å². The summed E-state index contributed by atoms with van der Waals surface area (Å²) in [6, 6.07) is 17.2. The van der Waals surface area contributed by atoms with E-state index >= 15 is 4.39 Å². The number of likely N-dealkylation sites (tertiary alicyclic amines) is 1. The smallest absolute Gasteiger partial charge is 0.371 e. The molecular formula is C29H30FN3O6. The molecule has 3 aromatic rings. The molecule has 3 N–H and O–H groups in total. The first-order chi connectivity index (χ1) is 18.7. The minimum Gasteiger partial charge on any atom is -0.495 e. The van der Waals surface area contributed by atoms with Crippen molar-refractivity contribution >= 4 is 29.2 Å². The van der Waals surface area contributed by atoms with Gasteiger partial charge in [0.25, 0.3) is 0 Å². The van der Waals surface area contributed by atoms with E-state index in [4.69, 9.17) is 9.47 Å². The molecule has 1 fully saturated rings. The molecule has 9 nitrogen and oxygen atoms in total. The molecule has 0 saturated carbocycles. The van der Waals surface area contributed by atoms with Crippen molar-refractivity contribution in [3.8, 4) is 11.5 Å². The SMILES string of the molecule is COc1cc(CC(=O)C(F)(Oc2ccccc2C(=O)O)N2CCCC2)ccc1NC(=O)Nc1ccccc1C. The topological polar surface area (TPSA) is 117 Å². The number of nitrogens with one attached hydrogen (secondary N) is 2. The number of anilines is 2. The molecular weight excluding hydrogens is 505 g/mol. The highest BCUT2D eigenvalue weighted by Gasteiger charge is 2.48. The molecule has 1 saturated heterocycles. The molecule has 204 valence electrons. The lowest BCUT2D eigenvalue weighted by Gasteiger charge is -2.33.